The van der Waals surface area contributed by atoms with Crippen molar-refractivity contribution in [3.8, 4) is 17.2 Å². The fraction of sp³-hybridized carbons (Fsp3) is 0.417. The first-order valence-corrected chi connectivity index (χ1v) is 5.16. The Morgan fingerprint density at radius 2 is 1.82 bits per heavy atom. The van der Waals surface area contributed by atoms with Gasteiger partial charge in [-0.3, -0.25) is 4.79 Å². The summed E-state index contributed by atoms with van der Waals surface area (Å²) in [5.41, 5.74) is 0.526. The van der Waals surface area contributed by atoms with Gasteiger partial charge in [-0.25, -0.2) is 0 Å². The van der Waals surface area contributed by atoms with E-state index in [-0.39, 0.29) is 12.2 Å². The number of methoxy groups -OCH3 is 2. The lowest BCUT2D eigenvalue weighted by Gasteiger charge is -2.13. The Morgan fingerprint density at radius 3 is 2.29 bits per heavy atom. The quantitative estimate of drug-likeness (QED) is 0.818. The van der Waals surface area contributed by atoms with E-state index in [9.17, 15) is 9.90 Å². The number of carbonyl (C=O) groups is 1. The highest BCUT2D eigenvalue weighted by Crippen LogP contribution is 2.34. The SMILES string of the molecule is COc1cc(O)c(CC(C)C(=O)O)cc1OC. The molecular formula is C12H16O5. The average molecular weight is 240 g/mol. The molecule has 1 atom stereocenters. The lowest BCUT2D eigenvalue weighted by Crippen LogP contribution is -2.12. The van der Waals surface area contributed by atoms with Crippen LogP contribution in [0.4, 0.5) is 0 Å². The van der Waals surface area contributed by atoms with Crippen molar-refractivity contribution in [2.75, 3.05) is 14.2 Å². The summed E-state index contributed by atoms with van der Waals surface area (Å²) in [4.78, 5) is 10.8. The molecule has 5 nitrogen and oxygen atoms in total. The van der Waals surface area contributed by atoms with E-state index in [0.29, 0.717) is 17.1 Å². The standard InChI is InChI=1S/C12H16O5/c1-7(12(14)15)4-8-5-10(16-2)11(17-3)6-9(8)13/h5-7,13H,4H2,1-3H3,(H,14,15). The van der Waals surface area contributed by atoms with Crippen molar-refractivity contribution in [2.45, 2.75) is 13.3 Å². The Bertz CT molecular complexity index is 414. The summed E-state index contributed by atoms with van der Waals surface area (Å²) < 4.78 is 10.1. The van der Waals surface area contributed by atoms with Gasteiger partial charge in [0.15, 0.2) is 11.5 Å². The second kappa shape index (κ2) is 5.43. The number of phenolic OH excluding ortho intramolecular Hbond substituents is 1. The van der Waals surface area contributed by atoms with Gasteiger partial charge in [-0.1, -0.05) is 6.92 Å². The van der Waals surface area contributed by atoms with E-state index in [4.69, 9.17) is 14.6 Å². The van der Waals surface area contributed by atoms with Gasteiger partial charge in [0.1, 0.15) is 5.75 Å². The molecule has 0 spiro atoms. The van der Waals surface area contributed by atoms with E-state index in [0.717, 1.165) is 0 Å². The molecule has 0 bridgehead atoms. The van der Waals surface area contributed by atoms with Crippen LogP contribution in [0.5, 0.6) is 17.2 Å². The van der Waals surface area contributed by atoms with Crippen LogP contribution in [-0.4, -0.2) is 30.4 Å². The summed E-state index contributed by atoms with van der Waals surface area (Å²) in [6.45, 7) is 1.58. The van der Waals surface area contributed by atoms with E-state index in [2.05, 4.69) is 0 Å². The lowest BCUT2D eigenvalue weighted by atomic mass is 10.00. The molecule has 0 aliphatic heterocycles. The van der Waals surface area contributed by atoms with Crippen LogP contribution in [-0.2, 0) is 11.2 Å². The largest absolute Gasteiger partial charge is 0.508 e. The monoisotopic (exact) mass is 240 g/mol. The van der Waals surface area contributed by atoms with Crippen LogP contribution in [0.3, 0.4) is 0 Å². The van der Waals surface area contributed by atoms with Crippen molar-refractivity contribution in [3.63, 3.8) is 0 Å². The zero-order valence-corrected chi connectivity index (χ0v) is 10.1. The molecule has 1 aromatic rings. The third-order valence-electron chi connectivity index (χ3n) is 2.53. The van der Waals surface area contributed by atoms with E-state index < -0.39 is 11.9 Å². The van der Waals surface area contributed by atoms with Gasteiger partial charge in [-0.05, 0) is 18.1 Å². The highest BCUT2D eigenvalue weighted by Gasteiger charge is 2.16. The number of phenols is 1. The van der Waals surface area contributed by atoms with Gasteiger partial charge < -0.3 is 19.7 Å². The minimum atomic E-state index is -0.904. The maximum atomic E-state index is 10.8. The summed E-state index contributed by atoms with van der Waals surface area (Å²) in [7, 11) is 2.95. The smallest absolute Gasteiger partial charge is 0.306 e. The number of carboxylic acids is 1. The molecule has 0 aliphatic rings. The first-order valence-electron chi connectivity index (χ1n) is 5.16. The zero-order valence-electron chi connectivity index (χ0n) is 10.1. The number of benzene rings is 1. The maximum Gasteiger partial charge on any atom is 0.306 e. The van der Waals surface area contributed by atoms with E-state index >= 15 is 0 Å². The number of rotatable bonds is 5. The topological polar surface area (TPSA) is 76.0 Å². The van der Waals surface area contributed by atoms with E-state index in [1.54, 1.807) is 13.0 Å². The van der Waals surface area contributed by atoms with Crippen LogP contribution >= 0.6 is 0 Å². The zero-order chi connectivity index (χ0) is 13.0. The van der Waals surface area contributed by atoms with Gasteiger partial charge in [-0.15, -0.1) is 0 Å². The highest BCUT2D eigenvalue weighted by molar-refractivity contribution is 5.70. The first-order chi connectivity index (χ1) is 7.99. The number of hydrogen-bond acceptors (Lipinski definition) is 4. The third kappa shape index (κ3) is 3.03. The molecule has 94 valence electrons. The minimum Gasteiger partial charge on any atom is -0.508 e. The fourth-order valence-corrected chi connectivity index (χ4v) is 1.49. The number of aliphatic carboxylic acids is 1. The highest BCUT2D eigenvalue weighted by atomic mass is 16.5. The second-order valence-electron chi connectivity index (χ2n) is 3.78. The van der Waals surface area contributed by atoms with Crippen molar-refractivity contribution in [3.05, 3.63) is 17.7 Å². The molecule has 0 saturated heterocycles. The van der Waals surface area contributed by atoms with Gasteiger partial charge in [0.2, 0.25) is 0 Å². The van der Waals surface area contributed by atoms with Crippen molar-refractivity contribution in [2.24, 2.45) is 5.92 Å². The third-order valence-corrected chi connectivity index (χ3v) is 2.53. The van der Waals surface area contributed by atoms with Crippen LogP contribution in [0.2, 0.25) is 0 Å². The number of ether oxygens (including phenoxy) is 2. The summed E-state index contributed by atoms with van der Waals surface area (Å²) in [5.74, 6) is -0.580. The molecule has 17 heavy (non-hydrogen) atoms. The molecule has 0 fully saturated rings. The Morgan fingerprint density at radius 1 is 1.29 bits per heavy atom. The Hall–Kier alpha value is -1.91. The van der Waals surface area contributed by atoms with Crippen molar-refractivity contribution in [1.82, 2.24) is 0 Å². The van der Waals surface area contributed by atoms with Gasteiger partial charge in [0, 0.05) is 6.07 Å². The van der Waals surface area contributed by atoms with Gasteiger partial charge >= 0.3 is 5.97 Å². The predicted octanol–water partition coefficient (Wildman–Crippen LogP) is 1.67. The number of hydrogen-bond donors (Lipinski definition) is 2. The molecule has 1 unspecified atom stereocenters. The molecule has 2 N–H and O–H groups in total. The summed E-state index contributed by atoms with van der Waals surface area (Å²) in [6, 6.07) is 3.01. The summed E-state index contributed by atoms with van der Waals surface area (Å²) >= 11 is 0. The molecule has 0 heterocycles. The van der Waals surface area contributed by atoms with E-state index in [1.165, 1.54) is 20.3 Å². The van der Waals surface area contributed by atoms with Crippen LogP contribution in [0, 0.1) is 5.92 Å². The Balaban J connectivity index is 3.04. The maximum absolute atomic E-state index is 10.8. The Kier molecular flexibility index (Phi) is 4.20. The van der Waals surface area contributed by atoms with Crippen LogP contribution in [0.15, 0.2) is 12.1 Å². The minimum absolute atomic E-state index is 0.00995. The summed E-state index contributed by atoms with van der Waals surface area (Å²) in [6.07, 6.45) is 0.238. The van der Waals surface area contributed by atoms with Crippen molar-refractivity contribution in [1.29, 1.82) is 0 Å². The molecule has 0 amide bonds. The molecule has 5 heteroatoms. The molecule has 1 rings (SSSR count). The number of aromatic hydroxyl groups is 1. The molecule has 0 aliphatic carbocycles. The molecule has 0 saturated carbocycles. The van der Waals surface area contributed by atoms with Crippen LogP contribution in [0.25, 0.3) is 0 Å². The lowest BCUT2D eigenvalue weighted by molar-refractivity contribution is -0.141. The summed E-state index contributed by atoms with van der Waals surface area (Å²) in [5, 5.41) is 18.6. The van der Waals surface area contributed by atoms with Crippen molar-refractivity contribution >= 4 is 5.97 Å². The first kappa shape index (κ1) is 13.2. The normalized spacial score (nSPS) is 11.9. The van der Waals surface area contributed by atoms with Gasteiger partial charge in [0.25, 0.3) is 0 Å². The molecule has 0 radical (unpaired) electrons. The predicted molar refractivity (Wildman–Crippen MR) is 61.7 cm³/mol. The van der Waals surface area contributed by atoms with E-state index in [1.807, 2.05) is 0 Å². The molecular weight excluding hydrogens is 224 g/mol. The van der Waals surface area contributed by atoms with Crippen LogP contribution < -0.4 is 9.47 Å². The van der Waals surface area contributed by atoms with Gasteiger partial charge in [0.05, 0.1) is 20.1 Å². The molecule has 1 aromatic carbocycles. The van der Waals surface area contributed by atoms with Gasteiger partial charge in [-0.2, -0.15) is 0 Å². The second-order valence-corrected chi connectivity index (χ2v) is 3.78. The number of carboxylic acid groups (broad SMARTS) is 1. The fourth-order valence-electron chi connectivity index (χ4n) is 1.49. The van der Waals surface area contributed by atoms with Crippen molar-refractivity contribution < 1.29 is 24.5 Å². The Labute approximate surface area is 99.6 Å². The molecule has 0 aromatic heterocycles. The average Bonchev–Trinajstić information content (AvgIpc) is 2.30. The van der Waals surface area contributed by atoms with Crippen LogP contribution in [0.1, 0.15) is 12.5 Å².